The van der Waals surface area contributed by atoms with Crippen molar-refractivity contribution in [1.29, 1.82) is 0 Å². The number of imidazole rings is 1. The van der Waals surface area contributed by atoms with Gasteiger partial charge in [0.05, 0.1) is 17.7 Å². The third-order valence-electron chi connectivity index (χ3n) is 4.44. The van der Waals surface area contributed by atoms with Crippen molar-refractivity contribution >= 4 is 11.9 Å². The molecular formula is C20H18N4O3. The Labute approximate surface area is 155 Å². The first-order valence-corrected chi connectivity index (χ1v) is 8.67. The van der Waals surface area contributed by atoms with E-state index in [1.807, 2.05) is 36.5 Å². The van der Waals surface area contributed by atoms with Crippen molar-refractivity contribution in [2.75, 3.05) is 0 Å². The summed E-state index contributed by atoms with van der Waals surface area (Å²) in [5.74, 6) is -0.723. The zero-order chi connectivity index (χ0) is 18.8. The molecule has 2 N–H and O–H groups in total. The van der Waals surface area contributed by atoms with Crippen molar-refractivity contribution < 1.29 is 14.3 Å². The number of nitrogens with zero attached hydrogens (tertiary/aromatic N) is 3. The molecule has 0 unspecified atom stereocenters. The molecule has 0 spiro atoms. The highest BCUT2D eigenvalue weighted by molar-refractivity contribution is 5.96. The summed E-state index contributed by atoms with van der Waals surface area (Å²) in [6.07, 6.45) is 7.05. The van der Waals surface area contributed by atoms with Gasteiger partial charge in [0.1, 0.15) is 17.9 Å². The number of nitrogens with two attached hydrogens (primary N) is 1. The number of pyridine rings is 1. The summed E-state index contributed by atoms with van der Waals surface area (Å²) >= 11 is 0. The minimum atomic E-state index is -0.664. The lowest BCUT2D eigenvalue weighted by Gasteiger charge is -2.11. The van der Waals surface area contributed by atoms with E-state index in [-0.39, 0.29) is 17.9 Å². The van der Waals surface area contributed by atoms with Gasteiger partial charge in [-0.05, 0) is 24.5 Å². The molecular weight excluding hydrogens is 344 g/mol. The van der Waals surface area contributed by atoms with E-state index >= 15 is 0 Å². The van der Waals surface area contributed by atoms with E-state index in [1.165, 1.54) is 12.3 Å². The van der Waals surface area contributed by atoms with E-state index in [1.54, 1.807) is 10.9 Å². The molecule has 1 amide bonds. The lowest BCUT2D eigenvalue weighted by Crippen LogP contribution is -2.16. The van der Waals surface area contributed by atoms with E-state index in [9.17, 15) is 9.59 Å². The summed E-state index contributed by atoms with van der Waals surface area (Å²) in [7, 11) is 0. The number of benzene rings is 1. The molecule has 3 aromatic rings. The summed E-state index contributed by atoms with van der Waals surface area (Å²) in [5.41, 5.74) is 7.98. The van der Waals surface area contributed by atoms with E-state index in [2.05, 4.69) is 9.97 Å². The predicted molar refractivity (Wildman–Crippen MR) is 97.4 cm³/mol. The standard InChI is InChI=1S/C20H18N4O3/c21-19(25)16-8-18(24-10-17(23-12-24)14-6-7-14)15(9-22-16)20(26)27-11-13-4-2-1-3-5-13/h1-5,8-10,12,14H,6-7,11H2,(H2,21,25). The maximum Gasteiger partial charge on any atom is 0.342 e. The van der Waals surface area contributed by atoms with Crippen molar-refractivity contribution in [2.45, 2.75) is 25.4 Å². The minimum absolute atomic E-state index is 0.0753. The van der Waals surface area contributed by atoms with Gasteiger partial charge in [-0.2, -0.15) is 0 Å². The van der Waals surface area contributed by atoms with Gasteiger partial charge in [0.25, 0.3) is 5.91 Å². The van der Waals surface area contributed by atoms with Gasteiger partial charge >= 0.3 is 5.97 Å². The number of ether oxygens (including phenoxy) is 1. The minimum Gasteiger partial charge on any atom is -0.457 e. The maximum atomic E-state index is 12.6. The summed E-state index contributed by atoms with van der Waals surface area (Å²) in [6, 6.07) is 10.9. The van der Waals surface area contributed by atoms with Gasteiger partial charge in [0.15, 0.2) is 0 Å². The van der Waals surface area contributed by atoms with Crippen molar-refractivity contribution in [3.05, 3.63) is 77.6 Å². The Balaban J connectivity index is 1.64. The second-order valence-electron chi connectivity index (χ2n) is 6.49. The monoisotopic (exact) mass is 362 g/mol. The van der Waals surface area contributed by atoms with E-state index in [0.717, 1.165) is 24.1 Å². The first-order valence-electron chi connectivity index (χ1n) is 8.67. The Morgan fingerprint density at radius 3 is 2.67 bits per heavy atom. The van der Waals surface area contributed by atoms with Crippen molar-refractivity contribution in [3.63, 3.8) is 0 Å². The number of carbonyl (C=O) groups excluding carboxylic acids is 2. The van der Waals surface area contributed by atoms with E-state index in [4.69, 9.17) is 10.5 Å². The second-order valence-corrected chi connectivity index (χ2v) is 6.49. The molecule has 136 valence electrons. The molecule has 4 rings (SSSR count). The van der Waals surface area contributed by atoms with Crippen LogP contribution in [0.5, 0.6) is 0 Å². The van der Waals surface area contributed by atoms with Crippen LogP contribution in [0.2, 0.25) is 0 Å². The molecule has 7 heteroatoms. The van der Waals surface area contributed by atoms with Gasteiger partial charge in [-0.15, -0.1) is 0 Å². The SMILES string of the molecule is NC(=O)c1cc(-n2cnc(C3CC3)c2)c(C(=O)OCc2ccccc2)cn1. The van der Waals surface area contributed by atoms with Crippen LogP contribution in [0.25, 0.3) is 5.69 Å². The molecule has 1 aliphatic rings. The number of esters is 1. The highest BCUT2D eigenvalue weighted by Crippen LogP contribution is 2.39. The van der Waals surface area contributed by atoms with Gasteiger partial charge in [-0.25, -0.2) is 9.78 Å². The normalized spacial score (nSPS) is 13.3. The molecule has 0 aliphatic heterocycles. The van der Waals surface area contributed by atoms with E-state index < -0.39 is 11.9 Å². The van der Waals surface area contributed by atoms with Gasteiger partial charge in [0.2, 0.25) is 0 Å². The molecule has 1 aromatic carbocycles. The smallest absolute Gasteiger partial charge is 0.342 e. The first kappa shape index (κ1) is 17.0. The van der Waals surface area contributed by atoms with Crippen LogP contribution in [-0.2, 0) is 11.3 Å². The molecule has 1 aliphatic carbocycles. The molecule has 27 heavy (non-hydrogen) atoms. The summed E-state index contributed by atoms with van der Waals surface area (Å²) in [5, 5.41) is 0. The highest BCUT2D eigenvalue weighted by atomic mass is 16.5. The molecule has 2 heterocycles. The number of amides is 1. The summed E-state index contributed by atoms with van der Waals surface area (Å²) in [6.45, 7) is 0.147. The average Bonchev–Trinajstić information content (AvgIpc) is 3.43. The molecule has 7 nitrogen and oxygen atoms in total. The van der Waals surface area contributed by atoms with Crippen LogP contribution in [0.3, 0.4) is 0 Å². The molecule has 0 bridgehead atoms. The molecule has 0 saturated heterocycles. The van der Waals surface area contributed by atoms with Crippen LogP contribution < -0.4 is 5.73 Å². The van der Waals surface area contributed by atoms with Gasteiger partial charge in [-0.1, -0.05) is 30.3 Å². The molecule has 1 fully saturated rings. The quantitative estimate of drug-likeness (QED) is 0.679. The van der Waals surface area contributed by atoms with Crippen LogP contribution in [0.15, 0.2) is 55.1 Å². The van der Waals surface area contributed by atoms with E-state index in [0.29, 0.717) is 11.6 Å². The number of aromatic nitrogens is 3. The molecule has 1 saturated carbocycles. The van der Waals surface area contributed by atoms with Crippen LogP contribution in [0, 0.1) is 0 Å². The third kappa shape index (κ3) is 3.72. The topological polar surface area (TPSA) is 100 Å². The molecule has 0 radical (unpaired) electrons. The summed E-state index contributed by atoms with van der Waals surface area (Å²) in [4.78, 5) is 32.5. The fraction of sp³-hybridized carbons (Fsp3) is 0.200. The predicted octanol–water partition coefficient (Wildman–Crippen LogP) is 2.60. The van der Waals surface area contributed by atoms with Crippen molar-refractivity contribution in [3.8, 4) is 5.69 Å². The lowest BCUT2D eigenvalue weighted by molar-refractivity contribution is 0.0472. The van der Waals surface area contributed by atoms with Gasteiger partial charge in [-0.3, -0.25) is 9.78 Å². The second kappa shape index (κ2) is 7.03. The Morgan fingerprint density at radius 2 is 1.96 bits per heavy atom. The number of rotatable bonds is 6. The number of carbonyl (C=O) groups is 2. The Bertz CT molecular complexity index is 993. The lowest BCUT2D eigenvalue weighted by atomic mass is 10.2. The molecule has 0 atom stereocenters. The third-order valence-corrected chi connectivity index (χ3v) is 4.44. The maximum absolute atomic E-state index is 12.6. The number of hydrogen-bond acceptors (Lipinski definition) is 5. The molecule has 2 aromatic heterocycles. The van der Waals surface area contributed by atoms with Crippen LogP contribution in [0.4, 0.5) is 0 Å². The number of primary amides is 1. The van der Waals surface area contributed by atoms with Gasteiger partial charge < -0.3 is 15.0 Å². The Kier molecular flexibility index (Phi) is 4.42. The van der Waals surface area contributed by atoms with Crippen LogP contribution in [0.1, 0.15) is 50.9 Å². The van der Waals surface area contributed by atoms with Crippen molar-refractivity contribution in [2.24, 2.45) is 5.73 Å². The fourth-order valence-electron chi connectivity index (χ4n) is 2.81. The van der Waals surface area contributed by atoms with Crippen LogP contribution in [-0.4, -0.2) is 26.4 Å². The van der Waals surface area contributed by atoms with Gasteiger partial charge in [0, 0.05) is 18.3 Å². The highest BCUT2D eigenvalue weighted by Gasteiger charge is 2.26. The fourth-order valence-corrected chi connectivity index (χ4v) is 2.81. The first-order chi connectivity index (χ1) is 13.1. The zero-order valence-corrected chi connectivity index (χ0v) is 14.5. The van der Waals surface area contributed by atoms with Crippen LogP contribution >= 0.6 is 0 Å². The largest absolute Gasteiger partial charge is 0.457 e. The Hall–Kier alpha value is -3.48. The zero-order valence-electron chi connectivity index (χ0n) is 14.5. The Morgan fingerprint density at radius 1 is 1.19 bits per heavy atom. The average molecular weight is 362 g/mol. The van der Waals surface area contributed by atoms with Crippen molar-refractivity contribution in [1.82, 2.24) is 14.5 Å². The summed E-state index contributed by atoms with van der Waals surface area (Å²) < 4.78 is 7.12. The number of hydrogen-bond donors (Lipinski definition) is 1.